The van der Waals surface area contributed by atoms with Gasteiger partial charge >= 0.3 is 6.03 Å². The van der Waals surface area contributed by atoms with Crippen LogP contribution in [-0.2, 0) is 13.0 Å². The lowest BCUT2D eigenvalue weighted by molar-refractivity contribution is 0.0936. The molecular formula is C26H33FN6O2. The fraction of sp³-hybridized carbons (Fsp3) is 0.462. The van der Waals surface area contributed by atoms with Crippen molar-refractivity contribution in [2.24, 2.45) is 10.2 Å². The number of unbranched alkanes of at least 4 members (excludes halogenated alkanes) is 1. The van der Waals surface area contributed by atoms with Gasteiger partial charge < -0.3 is 20.4 Å². The number of halogens is 1. The van der Waals surface area contributed by atoms with Crippen molar-refractivity contribution in [1.82, 2.24) is 20.4 Å². The number of benzene rings is 1. The van der Waals surface area contributed by atoms with E-state index in [0.717, 1.165) is 56.3 Å². The van der Waals surface area contributed by atoms with Crippen molar-refractivity contribution in [3.8, 4) is 0 Å². The average molecular weight is 481 g/mol. The number of allylic oxidation sites excluding steroid dienone is 3. The highest BCUT2D eigenvalue weighted by molar-refractivity contribution is 5.95. The van der Waals surface area contributed by atoms with E-state index < -0.39 is 17.9 Å². The van der Waals surface area contributed by atoms with E-state index in [1.54, 1.807) is 35.5 Å². The van der Waals surface area contributed by atoms with E-state index in [9.17, 15) is 14.0 Å². The fourth-order valence-corrected chi connectivity index (χ4v) is 4.46. The van der Waals surface area contributed by atoms with Crippen LogP contribution in [0, 0.1) is 5.82 Å². The van der Waals surface area contributed by atoms with E-state index in [1.807, 2.05) is 11.0 Å². The predicted molar refractivity (Wildman–Crippen MR) is 135 cm³/mol. The molecule has 9 heteroatoms. The first-order chi connectivity index (χ1) is 17.0. The molecule has 1 fully saturated rings. The van der Waals surface area contributed by atoms with Crippen LogP contribution in [-0.4, -0.2) is 60.0 Å². The quantitative estimate of drug-likeness (QED) is 0.480. The fourth-order valence-electron chi connectivity index (χ4n) is 4.46. The highest BCUT2D eigenvalue weighted by Crippen LogP contribution is 2.24. The number of nitrogens with one attached hydrogen (secondary N) is 2. The summed E-state index contributed by atoms with van der Waals surface area (Å²) in [6, 6.07) is 3.05. The zero-order chi connectivity index (χ0) is 24.6. The summed E-state index contributed by atoms with van der Waals surface area (Å²) in [6.07, 6.45) is 13.8. The Bertz CT molecular complexity index is 1060. The second-order valence-electron chi connectivity index (χ2n) is 9.04. The number of fused-ring (bicyclic) bond motifs is 1. The predicted octanol–water partition coefficient (Wildman–Crippen LogP) is 3.75. The Morgan fingerprint density at radius 3 is 2.77 bits per heavy atom. The number of piperidine rings is 1. The topological polar surface area (TPSA) is 89.4 Å². The first kappa shape index (κ1) is 24.6. The number of likely N-dealkylation sites (tertiary alicyclic amines) is 1. The SMILES string of the molecule is CCC/C=N/N=C/C1=CC=CC(NC(=O)c2cc3c(cc2F)CCN(C(=O)N2CCCCC2)C3)N1. The molecule has 0 bridgehead atoms. The number of hydrogen-bond acceptors (Lipinski definition) is 5. The van der Waals surface area contributed by atoms with Crippen LogP contribution < -0.4 is 10.6 Å². The molecule has 0 saturated carbocycles. The van der Waals surface area contributed by atoms with Crippen LogP contribution in [0.25, 0.3) is 0 Å². The van der Waals surface area contributed by atoms with Crippen molar-refractivity contribution in [3.63, 3.8) is 0 Å². The average Bonchev–Trinajstić information content (AvgIpc) is 2.88. The van der Waals surface area contributed by atoms with Gasteiger partial charge in [-0.25, -0.2) is 9.18 Å². The molecule has 3 aliphatic rings. The minimum absolute atomic E-state index is 0.0276. The lowest BCUT2D eigenvalue weighted by atomic mass is 9.96. The second kappa shape index (κ2) is 11.8. The molecule has 1 saturated heterocycles. The number of amides is 3. The first-order valence-corrected chi connectivity index (χ1v) is 12.4. The number of carbonyl (C=O) groups excluding carboxylic acids is 2. The molecule has 0 radical (unpaired) electrons. The number of urea groups is 1. The van der Waals surface area contributed by atoms with Crippen LogP contribution in [0.2, 0.25) is 0 Å². The Balaban J connectivity index is 1.39. The second-order valence-corrected chi connectivity index (χ2v) is 9.04. The van der Waals surface area contributed by atoms with Gasteiger partial charge in [0.2, 0.25) is 0 Å². The van der Waals surface area contributed by atoms with Crippen molar-refractivity contribution in [2.45, 2.75) is 58.2 Å². The molecule has 186 valence electrons. The van der Waals surface area contributed by atoms with Gasteiger partial charge in [0.25, 0.3) is 5.91 Å². The van der Waals surface area contributed by atoms with Crippen molar-refractivity contribution in [1.29, 1.82) is 0 Å². The van der Waals surface area contributed by atoms with Gasteiger partial charge in [-0.05, 0) is 67.5 Å². The van der Waals surface area contributed by atoms with Crippen molar-refractivity contribution in [2.75, 3.05) is 19.6 Å². The van der Waals surface area contributed by atoms with Gasteiger partial charge in [0.1, 0.15) is 12.0 Å². The minimum Gasteiger partial charge on any atom is -0.361 e. The number of dihydropyridines is 1. The molecule has 1 atom stereocenters. The van der Waals surface area contributed by atoms with E-state index in [4.69, 9.17) is 0 Å². The summed E-state index contributed by atoms with van der Waals surface area (Å²) >= 11 is 0. The third-order valence-electron chi connectivity index (χ3n) is 6.39. The van der Waals surface area contributed by atoms with Crippen LogP contribution >= 0.6 is 0 Å². The molecule has 35 heavy (non-hydrogen) atoms. The van der Waals surface area contributed by atoms with Gasteiger partial charge in [-0.15, -0.1) is 0 Å². The van der Waals surface area contributed by atoms with E-state index in [-0.39, 0.29) is 11.6 Å². The zero-order valence-electron chi connectivity index (χ0n) is 20.2. The molecule has 0 aromatic heterocycles. The summed E-state index contributed by atoms with van der Waals surface area (Å²) in [5.74, 6) is -1.08. The molecule has 4 rings (SSSR count). The highest BCUT2D eigenvalue weighted by atomic mass is 19.1. The van der Waals surface area contributed by atoms with Crippen LogP contribution in [0.1, 0.15) is 60.5 Å². The molecule has 1 aromatic rings. The summed E-state index contributed by atoms with van der Waals surface area (Å²) in [5, 5.41) is 13.9. The Morgan fingerprint density at radius 2 is 1.97 bits per heavy atom. The van der Waals surface area contributed by atoms with Crippen molar-refractivity contribution in [3.05, 3.63) is 58.6 Å². The summed E-state index contributed by atoms with van der Waals surface area (Å²) in [6.45, 7) is 4.58. The van der Waals surface area contributed by atoms with Gasteiger partial charge in [0.05, 0.1) is 17.5 Å². The number of carbonyl (C=O) groups is 2. The number of hydrogen-bond donors (Lipinski definition) is 2. The van der Waals surface area contributed by atoms with E-state index in [1.165, 1.54) is 6.07 Å². The van der Waals surface area contributed by atoms with Gasteiger partial charge in [-0.3, -0.25) is 4.79 Å². The maximum absolute atomic E-state index is 14.8. The van der Waals surface area contributed by atoms with Crippen LogP contribution in [0.15, 0.2) is 46.3 Å². The molecule has 3 aliphatic heterocycles. The molecule has 0 spiro atoms. The minimum atomic E-state index is -0.556. The van der Waals surface area contributed by atoms with Crippen molar-refractivity contribution >= 4 is 24.4 Å². The van der Waals surface area contributed by atoms with Gasteiger partial charge in [0, 0.05) is 32.4 Å². The number of rotatable bonds is 6. The Hall–Kier alpha value is -3.49. The Kier molecular flexibility index (Phi) is 8.28. The monoisotopic (exact) mass is 480 g/mol. The van der Waals surface area contributed by atoms with E-state index >= 15 is 0 Å². The smallest absolute Gasteiger partial charge is 0.320 e. The lowest BCUT2D eigenvalue weighted by Gasteiger charge is -2.35. The first-order valence-electron chi connectivity index (χ1n) is 12.4. The maximum atomic E-state index is 14.8. The van der Waals surface area contributed by atoms with E-state index in [0.29, 0.717) is 25.2 Å². The molecule has 8 nitrogen and oxygen atoms in total. The summed E-state index contributed by atoms with van der Waals surface area (Å²) < 4.78 is 14.8. The highest BCUT2D eigenvalue weighted by Gasteiger charge is 2.28. The molecule has 3 heterocycles. The molecule has 0 aliphatic carbocycles. The van der Waals surface area contributed by atoms with Gasteiger partial charge in [0.15, 0.2) is 0 Å². The molecule has 1 aromatic carbocycles. The van der Waals surface area contributed by atoms with Gasteiger partial charge in [-0.1, -0.05) is 19.4 Å². The van der Waals surface area contributed by atoms with Crippen LogP contribution in [0.3, 0.4) is 0 Å². The summed E-state index contributed by atoms with van der Waals surface area (Å²) in [4.78, 5) is 29.6. The third kappa shape index (κ3) is 6.35. The Labute approximate surface area is 205 Å². The van der Waals surface area contributed by atoms with Gasteiger partial charge in [-0.2, -0.15) is 10.2 Å². The van der Waals surface area contributed by atoms with E-state index in [2.05, 4.69) is 27.8 Å². The normalized spacial score (nSPS) is 20.1. The maximum Gasteiger partial charge on any atom is 0.320 e. The van der Waals surface area contributed by atoms with Crippen LogP contribution in [0.4, 0.5) is 9.18 Å². The Morgan fingerprint density at radius 1 is 1.14 bits per heavy atom. The standard InChI is InChI=1S/C26H33FN6O2/c1-2-3-11-28-29-17-21-8-7-9-24(30-21)31-25(34)22-15-20-18-33(14-10-19(20)16-23(22)27)26(35)32-12-5-4-6-13-32/h7-9,11,15-17,24,30H,2-6,10,12-14,18H2,1H3,(H,31,34)/b28-11+,29-17+. The molecule has 3 amide bonds. The van der Waals surface area contributed by atoms with Crippen molar-refractivity contribution < 1.29 is 14.0 Å². The van der Waals surface area contributed by atoms with Crippen LogP contribution in [0.5, 0.6) is 0 Å². The summed E-state index contributed by atoms with van der Waals surface area (Å²) in [7, 11) is 0. The third-order valence-corrected chi connectivity index (χ3v) is 6.39. The lowest BCUT2D eigenvalue weighted by Crippen LogP contribution is -2.47. The molecular weight excluding hydrogens is 447 g/mol. The largest absolute Gasteiger partial charge is 0.361 e. The number of nitrogens with zero attached hydrogens (tertiary/aromatic N) is 4. The summed E-state index contributed by atoms with van der Waals surface area (Å²) in [5.41, 5.74) is 2.32. The molecule has 2 N–H and O–H groups in total. The zero-order valence-corrected chi connectivity index (χ0v) is 20.2. The molecule has 1 unspecified atom stereocenters.